The zero-order chi connectivity index (χ0) is 11.5. The van der Waals surface area contributed by atoms with E-state index in [0.29, 0.717) is 0 Å². The van der Waals surface area contributed by atoms with Crippen LogP contribution in [-0.4, -0.2) is 0 Å². The van der Waals surface area contributed by atoms with Crippen molar-refractivity contribution < 1.29 is 0 Å². The molecule has 0 saturated heterocycles. The van der Waals surface area contributed by atoms with Crippen LogP contribution in [-0.2, 0) is 6.42 Å². The maximum atomic E-state index is 3.64. The van der Waals surface area contributed by atoms with E-state index in [2.05, 4.69) is 48.8 Å². The monoisotopic (exact) mass is 212 g/mol. The van der Waals surface area contributed by atoms with E-state index in [9.17, 15) is 0 Å². The summed E-state index contributed by atoms with van der Waals surface area (Å²) in [6.07, 6.45) is 8.66. The van der Waals surface area contributed by atoms with E-state index in [1.807, 2.05) is 6.08 Å². The number of hydrogen-bond acceptors (Lipinski definition) is 0. The van der Waals surface area contributed by atoms with Crippen LogP contribution in [0.1, 0.15) is 37.7 Å². The second-order valence-electron chi connectivity index (χ2n) is 3.89. The Kier molecular flexibility index (Phi) is 6.92. The van der Waals surface area contributed by atoms with Crippen molar-refractivity contribution in [2.24, 2.45) is 0 Å². The lowest BCUT2D eigenvalue weighted by atomic mass is 10.1. The van der Waals surface area contributed by atoms with Crippen LogP contribution in [0.5, 0.6) is 0 Å². The van der Waals surface area contributed by atoms with Crippen molar-refractivity contribution in [3.8, 4) is 11.8 Å². The molecule has 0 nitrogen and oxygen atoms in total. The van der Waals surface area contributed by atoms with E-state index in [1.54, 1.807) is 0 Å². The second-order valence-corrected chi connectivity index (χ2v) is 3.89. The molecule has 1 aromatic carbocycles. The third-order valence-electron chi connectivity index (χ3n) is 2.48. The Balaban J connectivity index is 2.01. The Bertz CT molecular complexity index is 337. The molecule has 0 bridgehead atoms. The summed E-state index contributed by atoms with van der Waals surface area (Å²) in [5.74, 6) is 6.24. The number of rotatable bonds is 6. The molecule has 0 aliphatic carbocycles. The highest BCUT2D eigenvalue weighted by Gasteiger charge is 1.91. The first-order chi connectivity index (χ1) is 7.93. The Hall–Kier alpha value is -1.48. The number of allylic oxidation sites excluding steroid dienone is 1. The molecular weight excluding hydrogens is 192 g/mol. The molecule has 0 aliphatic rings. The smallest absolute Gasteiger partial charge is 0.0267 e. The standard InChI is InChI=1S/C16H20/c1-2-3-4-5-6-7-8-10-13-16-14-11-9-12-15-16/h2,9,11-12,14-15H,1,3,6-8,10,13H2. The predicted octanol–water partition coefficient (Wildman–Crippen LogP) is 4.37. The van der Waals surface area contributed by atoms with Crippen molar-refractivity contribution in [3.63, 3.8) is 0 Å². The number of benzene rings is 1. The summed E-state index contributed by atoms with van der Waals surface area (Å²) >= 11 is 0. The highest BCUT2D eigenvalue weighted by molar-refractivity contribution is 5.14. The van der Waals surface area contributed by atoms with Gasteiger partial charge in [-0.1, -0.05) is 48.7 Å². The van der Waals surface area contributed by atoms with Gasteiger partial charge < -0.3 is 0 Å². The van der Waals surface area contributed by atoms with E-state index in [-0.39, 0.29) is 0 Å². The van der Waals surface area contributed by atoms with Gasteiger partial charge in [0, 0.05) is 12.8 Å². The number of unbranched alkanes of at least 4 members (excludes halogenated alkanes) is 3. The minimum atomic E-state index is 0.823. The Morgan fingerprint density at radius 2 is 1.81 bits per heavy atom. The van der Waals surface area contributed by atoms with Gasteiger partial charge in [-0.15, -0.1) is 12.5 Å². The fourth-order valence-corrected chi connectivity index (χ4v) is 1.60. The summed E-state index contributed by atoms with van der Waals surface area (Å²) < 4.78 is 0. The van der Waals surface area contributed by atoms with Gasteiger partial charge in [-0.3, -0.25) is 0 Å². The lowest BCUT2D eigenvalue weighted by Crippen LogP contribution is -1.84. The molecule has 0 spiro atoms. The van der Waals surface area contributed by atoms with Crippen molar-refractivity contribution in [3.05, 3.63) is 48.6 Å². The van der Waals surface area contributed by atoms with Crippen LogP contribution in [0.2, 0.25) is 0 Å². The molecule has 0 aliphatic heterocycles. The summed E-state index contributed by atoms with van der Waals surface area (Å²) in [5, 5.41) is 0. The minimum Gasteiger partial charge on any atom is -0.103 e. The summed E-state index contributed by atoms with van der Waals surface area (Å²) in [6, 6.07) is 10.7. The van der Waals surface area contributed by atoms with Crippen LogP contribution in [0.25, 0.3) is 0 Å². The van der Waals surface area contributed by atoms with Gasteiger partial charge in [-0.05, 0) is 24.8 Å². The molecule has 1 aromatic rings. The van der Waals surface area contributed by atoms with Crippen LogP contribution >= 0.6 is 0 Å². The van der Waals surface area contributed by atoms with E-state index >= 15 is 0 Å². The molecule has 0 N–H and O–H groups in total. The second kappa shape index (κ2) is 8.80. The first-order valence-electron chi connectivity index (χ1n) is 6.04. The molecule has 0 aromatic heterocycles. The summed E-state index contributed by atoms with van der Waals surface area (Å²) in [6.45, 7) is 3.64. The average molecular weight is 212 g/mol. The largest absolute Gasteiger partial charge is 0.103 e. The third-order valence-corrected chi connectivity index (χ3v) is 2.48. The molecule has 0 radical (unpaired) electrons. The fourth-order valence-electron chi connectivity index (χ4n) is 1.60. The molecule has 0 amide bonds. The maximum Gasteiger partial charge on any atom is 0.0267 e. The predicted molar refractivity (Wildman–Crippen MR) is 71.2 cm³/mol. The summed E-state index contributed by atoms with van der Waals surface area (Å²) in [5.41, 5.74) is 1.44. The Morgan fingerprint density at radius 3 is 2.56 bits per heavy atom. The van der Waals surface area contributed by atoms with Crippen molar-refractivity contribution in [2.75, 3.05) is 0 Å². The summed E-state index contributed by atoms with van der Waals surface area (Å²) in [7, 11) is 0. The SMILES string of the molecule is C=CCC#CCCCCCc1ccccc1. The van der Waals surface area contributed by atoms with Crippen molar-refractivity contribution in [1.82, 2.24) is 0 Å². The summed E-state index contributed by atoms with van der Waals surface area (Å²) in [4.78, 5) is 0. The molecule has 16 heavy (non-hydrogen) atoms. The van der Waals surface area contributed by atoms with E-state index in [4.69, 9.17) is 0 Å². The molecule has 0 fully saturated rings. The first kappa shape index (κ1) is 12.6. The van der Waals surface area contributed by atoms with Gasteiger partial charge in [-0.25, -0.2) is 0 Å². The van der Waals surface area contributed by atoms with E-state index in [1.165, 1.54) is 31.2 Å². The normalized spacial score (nSPS) is 9.25. The Labute approximate surface area is 99.4 Å². The molecule has 84 valence electrons. The van der Waals surface area contributed by atoms with Crippen molar-refractivity contribution in [2.45, 2.75) is 38.5 Å². The number of hydrogen-bond donors (Lipinski definition) is 0. The number of aryl methyl sites for hydroxylation is 1. The van der Waals surface area contributed by atoms with Gasteiger partial charge in [0.15, 0.2) is 0 Å². The average Bonchev–Trinajstić information content (AvgIpc) is 2.34. The quantitative estimate of drug-likeness (QED) is 0.373. The topological polar surface area (TPSA) is 0 Å². The fraction of sp³-hybridized carbons (Fsp3) is 0.375. The van der Waals surface area contributed by atoms with E-state index in [0.717, 1.165) is 12.8 Å². The van der Waals surface area contributed by atoms with Gasteiger partial charge in [0.1, 0.15) is 0 Å². The van der Waals surface area contributed by atoms with E-state index < -0.39 is 0 Å². The molecule has 0 atom stereocenters. The highest BCUT2D eigenvalue weighted by atomic mass is 14.0. The maximum absolute atomic E-state index is 3.64. The lowest BCUT2D eigenvalue weighted by Gasteiger charge is -1.99. The van der Waals surface area contributed by atoms with Crippen molar-refractivity contribution in [1.29, 1.82) is 0 Å². The highest BCUT2D eigenvalue weighted by Crippen LogP contribution is 2.07. The van der Waals surface area contributed by atoms with Crippen LogP contribution in [0.4, 0.5) is 0 Å². The van der Waals surface area contributed by atoms with Gasteiger partial charge in [0.25, 0.3) is 0 Å². The molecule has 0 heteroatoms. The molecular formula is C16H20. The zero-order valence-corrected chi connectivity index (χ0v) is 9.91. The molecule has 1 rings (SSSR count). The van der Waals surface area contributed by atoms with Gasteiger partial charge >= 0.3 is 0 Å². The first-order valence-corrected chi connectivity index (χ1v) is 6.04. The van der Waals surface area contributed by atoms with Crippen LogP contribution in [0.3, 0.4) is 0 Å². The third kappa shape index (κ3) is 6.09. The van der Waals surface area contributed by atoms with Gasteiger partial charge in [-0.2, -0.15) is 0 Å². The van der Waals surface area contributed by atoms with Crippen LogP contribution in [0, 0.1) is 11.8 Å². The lowest BCUT2D eigenvalue weighted by molar-refractivity contribution is 0.692. The Morgan fingerprint density at radius 1 is 1.00 bits per heavy atom. The van der Waals surface area contributed by atoms with Gasteiger partial charge in [0.2, 0.25) is 0 Å². The van der Waals surface area contributed by atoms with Crippen LogP contribution in [0.15, 0.2) is 43.0 Å². The van der Waals surface area contributed by atoms with Crippen LogP contribution < -0.4 is 0 Å². The minimum absolute atomic E-state index is 0.823. The van der Waals surface area contributed by atoms with Crippen molar-refractivity contribution >= 4 is 0 Å². The molecule has 0 heterocycles. The zero-order valence-electron chi connectivity index (χ0n) is 9.91. The molecule has 0 saturated carbocycles. The molecule has 0 unspecified atom stereocenters. The van der Waals surface area contributed by atoms with Gasteiger partial charge in [0.05, 0.1) is 0 Å².